The van der Waals surface area contributed by atoms with Gasteiger partial charge in [-0.25, -0.2) is 0 Å². The Hall–Kier alpha value is -2.37. The van der Waals surface area contributed by atoms with Gasteiger partial charge in [0.2, 0.25) is 5.91 Å². The van der Waals surface area contributed by atoms with Crippen molar-refractivity contribution in [1.29, 1.82) is 0 Å². The van der Waals surface area contributed by atoms with Crippen LogP contribution in [0.3, 0.4) is 0 Å². The molecule has 0 spiro atoms. The molecular formula is C25H31NO4. The quantitative estimate of drug-likeness (QED) is 0.786. The maximum absolute atomic E-state index is 13.9. The molecule has 2 aromatic rings. The third-order valence-electron chi connectivity index (χ3n) is 6.53. The van der Waals surface area contributed by atoms with E-state index in [-0.39, 0.29) is 18.7 Å². The smallest absolute Gasteiger partial charge is 0.235 e. The Labute approximate surface area is 178 Å². The van der Waals surface area contributed by atoms with Crippen molar-refractivity contribution in [3.05, 3.63) is 65.7 Å². The van der Waals surface area contributed by atoms with Crippen molar-refractivity contribution in [2.45, 2.75) is 56.1 Å². The van der Waals surface area contributed by atoms with Crippen LogP contribution in [0, 0.1) is 0 Å². The normalized spacial score (nSPS) is 21.9. The number of carbonyl (C=O) groups excluding carboxylic acids is 1. The van der Waals surface area contributed by atoms with Gasteiger partial charge in [-0.3, -0.25) is 4.79 Å². The summed E-state index contributed by atoms with van der Waals surface area (Å²) < 4.78 is 11.0. The fourth-order valence-electron chi connectivity index (χ4n) is 4.88. The van der Waals surface area contributed by atoms with Crippen molar-refractivity contribution >= 4 is 5.91 Å². The molecule has 2 aliphatic rings. The molecule has 30 heavy (non-hydrogen) atoms. The van der Waals surface area contributed by atoms with Gasteiger partial charge in [0.25, 0.3) is 0 Å². The fraction of sp³-hybridized carbons (Fsp3) is 0.480. The van der Waals surface area contributed by atoms with E-state index in [4.69, 9.17) is 9.47 Å². The van der Waals surface area contributed by atoms with Crippen molar-refractivity contribution in [3.63, 3.8) is 0 Å². The van der Waals surface area contributed by atoms with Crippen LogP contribution in [-0.4, -0.2) is 48.0 Å². The molecule has 160 valence electrons. The number of hydrogen-bond acceptors (Lipinski definition) is 4. The zero-order valence-electron chi connectivity index (χ0n) is 17.6. The lowest BCUT2D eigenvalue weighted by Gasteiger charge is -2.41. The summed E-state index contributed by atoms with van der Waals surface area (Å²) in [5, 5.41) is 11.6. The molecule has 1 aliphatic carbocycles. The molecule has 5 heteroatoms. The first-order chi connectivity index (χ1) is 14.6. The Kier molecular flexibility index (Phi) is 6.40. The highest BCUT2D eigenvalue weighted by Gasteiger charge is 2.46. The minimum Gasteiger partial charge on any atom is -0.497 e. The van der Waals surface area contributed by atoms with Gasteiger partial charge in [0, 0.05) is 0 Å². The van der Waals surface area contributed by atoms with E-state index in [0.717, 1.165) is 37.0 Å². The molecule has 2 aromatic carbocycles. The Bertz CT molecular complexity index is 830. The first-order valence-corrected chi connectivity index (χ1v) is 10.9. The van der Waals surface area contributed by atoms with Gasteiger partial charge in [0.05, 0.1) is 31.3 Å². The van der Waals surface area contributed by atoms with Gasteiger partial charge in [0.15, 0.2) is 0 Å². The van der Waals surface area contributed by atoms with Crippen LogP contribution in [0.25, 0.3) is 0 Å². The van der Waals surface area contributed by atoms with E-state index in [2.05, 4.69) is 12.1 Å². The number of carbonyl (C=O) groups is 1. The van der Waals surface area contributed by atoms with Gasteiger partial charge in [-0.2, -0.15) is 0 Å². The molecule has 1 saturated heterocycles. The highest BCUT2D eigenvalue weighted by atomic mass is 16.5. The second-order valence-electron chi connectivity index (χ2n) is 8.52. The predicted molar refractivity (Wildman–Crippen MR) is 115 cm³/mol. The molecule has 1 saturated carbocycles. The van der Waals surface area contributed by atoms with E-state index in [0.29, 0.717) is 19.4 Å². The maximum Gasteiger partial charge on any atom is 0.235 e. The van der Waals surface area contributed by atoms with Crippen molar-refractivity contribution in [2.75, 3.05) is 20.4 Å². The largest absolute Gasteiger partial charge is 0.497 e. The molecule has 0 bridgehead atoms. The summed E-state index contributed by atoms with van der Waals surface area (Å²) in [6.45, 7) is 0.799. The Morgan fingerprint density at radius 1 is 1.13 bits per heavy atom. The molecule has 1 aliphatic heterocycles. The van der Waals surface area contributed by atoms with Crippen LogP contribution >= 0.6 is 0 Å². The molecule has 0 unspecified atom stereocenters. The zero-order valence-corrected chi connectivity index (χ0v) is 17.6. The summed E-state index contributed by atoms with van der Waals surface area (Å²) in [7, 11) is 1.63. The minimum absolute atomic E-state index is 0.0205. The summed E-state index contributed by atoms with van der Waals surface area (Å²) in [6.07, 6.45) is 5.04. The summed E-state index contributed by atoms with van der Waals surface area (Å²) in [5.41, 5.74) is 1.00. The lowest BCUT2D eigenvalue weighted by atomic mass is 9.72. The van der Waals surface area contributed by atoms with Crippen LogP contribution in [0.2, 0.25) is 0 Å². The molecule has 1 N–H and O–H groups in total. The Morgan fingerprint density at radius 2 is 1.83 bits per heavy atom. The predicted octanol–water partition coefficient (Wildman–Crippen LogP) is 3.90. The number of hydrogen-bond donors (Lipinski definition) is 1. The van der Waals surface area contributed by atoms with E-state index in [1.165, 1.54) is 5.56 Å². The number of aliphatic hydroxyl groups is 1. The van der Waals surface area contributed by atoms with Gasteiger partial charge in [-0.1, -0.05) is 61.7 Å². The number of benzene rings is 2. The SMILES string of the molecule is COc1ccc([C@@H](C(=O)N2COC[C@@H]2Cc2ccccc2)C2(O)CCCCC2)cc1. The second-order valence-corrected chi connectivity index (χ2v) is 8.52. The molecule has 5 nitrogen and oxygen atoms in total. The zero-order chi connectivity index (χ0) is 21.0. The van der Waals surface area contributed by atoms with Crippen molar-refractivity contribution in [3.8, 4) is 5.75 Å². The van der Waals surface area contributed by atoms with Crippen molar-refractivity contribution in [2.24, 2.45) is 0 Å². The topological polar surface area (TPSA) is 59.0 Å². The highest BCUT2D eigenvalue weighted by Crippen LogP contribution is 2.42. The average molecular weight is 410 g/mol. The summed E-state index contributed by atoms with van der Waals surface area (Å²) in [6, 6.07) is 17.7. The summed E-state index contributed by atoms with van der Waals surface area (Å²) in [4.78, 5) is 15.7. The first kappa shape index (κ1) is 20.9. The van der Waals surface area contributed by atoms with Crippen LogP contribution in [0.15, 0.2) is 54.6 Å². The van der Waals surface area contributed by atoms with Crippen LogP contribution in [0.4, 0.5) is 0 Å². The Balaban J connectivity index is 1.62. The van der Waals surface area contributed by atoms with E-state index in [1.807, 2.05) is 47.4 Å². The number of rotatable bonds is 6. The second kappa shape index (κ2) is 9.19. The highest BCUT2D eigenvalue weighted by molar-refractivity contribution is 5.85. The van der Waals surface area contributed by atoms with Crippen molar-refractivity contribution < 1.29 is 19.4 Å². The number of methoxy groups -OCH3 is 1. The third kappa shape index (κ3) is 4.37. The van der Waals surface area contributed by atoms with E-state index in [9.17, 15) is 9.90 Å². The number of nitrogens with zero attached hydrogens (tertiary/aromatic N) is 1. The average Bonchev–Trinajstić information content (AvgIpc) is 3.23. The van der Waals surface area contributed by atoms with E-state index < -0.39 is 11.5 Å². The molecule has 2 fully saturated rings. The molecule has 1 heterocycles. The Morgan fingerprint density at radius 3 is 2.50 bits per heavy atom. The fourth-order valence-corrected chi connectivity index (χ4v) is 4.88. The standard InChI is InChI=1S/C25H31NO4/c1-29-22-12-10-20(11-13-22)23(25(28)14-6-3-7-15-25)24(27)26-18-30-17-21(26)16-19-8-4-2-5-9-19/h2,4-5,8-13,21,23,28H,3,6-7,14-18H2,1H3/t21-,23-/m0/s1. The summed E-state index contributed by atoms with van der Waals surface area (Å²) >= 11 is 0. The van der Waals surface area contributed by atoms with Gasteiger partial charge in [-0.05, 0) is 42.5 Å². The maximum atomic E-state index is 13.9. The van der Waals surface area contributed by atoms with E-state index in [1.54, 1.807) is 7.11 Å². The van der Waals surface area contributed by atoms with Crippen LogP contribution in [0.5, 0.6) is 5.75 Å². The van der Waals surface area contributed by atoms with Gasteiger partial charge < -0.3 is 19.5 Å². The van der Waals surface area contributed by atoms with Gasteiger partial charge in [0.1, 0.15) is 12.5 Å². The van der Waals surface area contributed by atoms with Gasteiger partial charge >= 0.3 is 0 Å². The van der Waals surface area contributed by atoms with Crippen LogP contribution < -0.4 is 4.74 Å². The number of ether oxygens (including phenoxy) is 2. The number of amides is 1. The summed E-state index contributed by atoms with van der Waals surface area (Å²) in [5.74, 6) is 0.110. The van der Waals surface area contributed by atoms with Crippen LogP contribution in [0.1, 0.15) is 49.1 Å². The third-order valence-corrected chi connectivity index (χ3v) is 6.53. The molecular weight excluding hydrogens is 378 g/mol. The lowest BCUT2D eigenvalue weighted by Crippen LogP contribution is -2.49. The molecule has 1 amide bonds. The molecule has 0 aromatic heterocycles. The molecule has 4 rings (SSSR count). The van der Waals surface area contributed by atoms with E-state index >= 15 is 0 Å². The van der Waals surface area contributed by atoms with Crippen LogP contribution in [-0.2, 0) is 16.0 Å². The lowest BCUT2D eigenvalue weighted by molar-refractivity contribution is -0.143. The minimum atomic E-state index is -1.02. The monoisotopic (exact) mass is 409 g/mol. The molecule has 2 atom stereocenters. The van der Waals surface area contributed by atoms with Crippen molar-refractivity contribution in [1.82, 2.24) is 4.90 Å². The first-order valence-electron chi connectivity index (χ1n) is 10.9. The molecule has 0 radical (unpaired) electrons. The van der Waals surface area contributed by atoms with Gasteiger partial charge in [-0.15, -0.1) is 0 Å².